The second kappa shape index (κ2) is 5.17. The molecular weight excluding hydrogens is 185 g/mol. The molecule has 0 bridgehead atoms. The van der Waals surface area contributed by atoms with Gasteiger partial charge < -0.3 is 11.5 Å². The smallest absolute Gasteiger partial charge is 0.0617 e. The predicted molar refractivity (Wildman–Crippen MR) is 54.2 cm³/mol. The lowest BCUT2D eigenvalue weighted by molar-refractivity contribution is 0.278. The minimum atomic E-state index is -0.391. The van der Waals surface area contributed by atoms with E-state index in [0.717, 1.165) is 0 Å². The largest absolute Gasteiger partial charge is 0.314 e. The highest BCUT2D eigenvalue weighted by Crippen LogP contribution is 1.98. The molecule has 0 aromatic rings. The summed E-state index contributed by atoms with van der Waals surface area (Å²) in [5.74, 6) is 0. The molecule has 3 nitrogen and oxygen atoms in total. The lowest BCUT2D eigenvalue weighted by atomic mass is 10.2. The molecule has 0 aliphatic rings. The Bertz CT molecular complexity index is 81.0. The van der Waals surface area contributed by atoms with Crippen molar-refractivity contribution in [1.29, 1.82) is 0 Å². The summed E-state index contributed by atoms with van der Waals surface area (Å²) in [6.45, 7) is 7.51. The van der Waals surface area contributed by atoms with Crippen LogP contribution in [0.5, 0.6) is 0 Å². The van der Waals surface area contributed by atoms with Crippen LogP contribution in [-0.2, 0) is 0 Å². The number of halogens is 2. The van der Waals surface area contributed by atoms with E-state index in [9.17, 15) is 0 Å². The quantitative estimate of drug-likeness (QED) is 0.583. The Morgan fingerprint density at radius 2 is 1.00 bits per heavy atom. The Kier molecular flexibility index (Phi) is 8.23. The van der Waals surface area contributed by atoms with Crippen LogP contribution < -0.4 is 16.8 Å². The van der Waals surface area contributed by atoms with Gasteiger partial charge in [-0.2, -0.15) is 0 Å². The molecule has 5 N–H and O–H groups in total. The van der Waals surface area contributed by atoms with E-state index in [2.05, 4.69) is 5.32 Å². The maximum atomic E-state index is 5.63. The van der Waals surface area contributed by atoms with Gasteiger partial charge in [-0.1, -0.05) is 0 Å². The molecule has 0 atom stereocenters. The molecule has 0 rings (SSSR count). The monoisotopic (exact) mass is 203 g/mol. The number of rotatable bonds is 2. The molecule has 72 valence electrons. The van der Waals surface area contributed by atoms with E-state index in [0.29, 0.717) is 0 Å². The fourth-order valence-electron chi connectivity index (χ4n) is 0.830. The Morgan fingerprint density at radius 3 is 1.00 bits per heavy atom. The molecular formula is C6H19Cl2N3. The summed E-state index contributed by atoms with van der Waals surface area (Å²) in [6, 6.07) is 0. The standard InChI is InChI=1S/C6H17N3.2ClH/c1-5(2,7)9-6(3,4)8;;/h9H,7-8H2,1-4H3;2*1H. The van der Waals surface area contributed by atoms with Crippen LogP contribution in [-0.4, -0.2) is 11.3 Å². The molecule has 0 spiro atoms. The van der Waals surface area contributed by atoms with Gasteiger partial charge in [-0.05, 0) is 27.7 Å². The number of hydrogen-bond donors (Lipinski definition) is 3. The summed E-state index contributed by atoms with van der Waals surface area (Å²) >= 11 is 0. The van der Waals surface area contributed by atoms with Crippen LogP contribution in [0.4, 0.5) is 0 Å². The van der Waals surface area contributed by atoms with Gasteiger partial charge in [0.05, 0.1) is 11.3 Å². The van der Waals surface area contributed by atoms with Crippen LogP contribution in [0.1, 0.15) is 27.7 Å². The van der Waals surface area contributed by atoms with E-state index >= 15 is 0 Å². The van der Waals surface area contributed by atoms with Crippen molar-refractivity contribution in [2.45, 2.75) is 39.0 Å². The summed E-state index contributed by atoms with van der Waals surface area (Å²) in [5.41, 5.74) is 10.5. The van der Waals surface area contributed by atoms with Gasteiger partial charge in [0.2, 0.25) is 0 Å². The third-order valence-corrected chi connectivity index (χ3v) is 0.644. The Hall–Kier alpha value is 0.460. The van der Waals surface area contributed by atoms with Gasteiger partial charge in [0.1, 0.15) is 0 Å². The lowest BCUT2D eigenvalue weighted by Crippen LogP contribution is -2.61. The first-order valence-corrected chi connectivity index (χ1v) is 3.08. The first-order valence-electron chi connectivity index (χ1n) is 3.08. The van der Waals surface area contributed by atoms with Gasteiger partial charge in [-0.15, -0.1) is 24.8 Å². The first kappa shape index (κ1) is 17.5. The van der Waals surface area contributed by atoms with E-state index in [-0.39, 0.29) is 24.8 Å². The van der Waals surface area contributed by atoms with Crippen molar-refractivity contribution in [2.75, 3.05) is 0 Å². The predicted octanol–water partition coefficient (Wildman–Crippen LogP) is 0.809. The normalized spacial score (nSPS) is 11.5. The van der Waals surface area contributed by atoms with Crippen molar-refractivity contribution >= 4 is 24.8 Å². The van der Waals surface area contributed by atoms with Crippen LogP contribution in [0.25, 0.3) is 0 Å². The van der Waals surface area contributed by atoms with Crippen LogP contribution >= 0.6 is 24.8 Å². The van der Waals surface area contributed by atoms with Gasteiger partial charge >= 0.3 is 0 Å². The minimum Gasteiger partial charge on any atom is -0.314 e. The van der Waals surface area contributed by atoms with Gasteiger partial charge in [0, 0.05) is 0 Å². The molecule has 0 aliphatic heterocycles. The van der Waals surface area contributed by atoms with E-state index in [1.165, 1.54) is 0 Å². The van der Waals surface area contributed by atoms with Crippen LogP contribution in [0.2, 0.25) is 0 Å². The fourth-order valence-corrected chi connectivity index (χ4v) is 0.830. The van der Waals surface area contributed by atoms with Crippen molar-refractivity contribution < 1.29 is 0 Å². The zero-order chi connectivity index (χ0) is 7.71. The molecule has 0 heterocycles. The van der Waals surface area contributed by atoms with Crippen molar-refractivity contribution in [1.82, 2.24) is 5.32 Å². The molecule has 0 saturated heterocycles. The summed E-state index contributed by atoms with van der Waals surface area (Å²) in [7, 11) is 0. The third-order valence-electron chi connectivity index (χ3n) is 0.644. The molecule has 0 amide bonds. The topological polar surface area (TPSA) is 64.1 Å². The zero-order valence-electron chi connectivity index (χ0n) is 7.47. The number of nitrogens with one attached hydrogen (secondary N) is 1. The van der Waals surface area contributed by atoms with Crippen molar-refractivity contribution in [3.8, 4) is 0 Å². The summed E-state index contributed by atoms with van der Waals surface area (Å²) in [5, 5.41) is 3.01. The maximum absolute atomic E-state index is 5.63. The second-order valence-electron chi connectivity index (χ2n) is 3.57. The zero-order valence-corrected chi connectivity index (χ0v) is 9.10. The van der Waals surface area contributed by atoms with Crippen molar-refractivity contribution in [3.05, 3.63) is 0 Å². The van der Waals surface area contributed by atoms with Crippen LogP contribution in [0.3, 0.4) is 0 Å². The van der Waals surface area contributed by atoms with Crippen LogP contribution in [0, 0.1) is 0 Å². The van der Waals surface area contributed by atoms with E-state index in [1.807, 2.05) is 27.7 Å². The average Bonchev–Trinajstić information content (AvgIpc) is 1.14. The SMILES string of the molecule is CC(C)(N)NC(C)(C)N.Cl.Cl. The van der Waals surface area contributed by atoms with Crippen molar-refractivity contribution in [2.24, 2.45) is 11.5 Å². The first-order chi connectivity index (χ1) is 3.71. The Morgan fingerprint density at radius 1 is 0.818 bits per heavy atom. The average molecular weight is 204 g/mol. The van der Waals surface area contributed by atoms with Gasteiger partial charge in [-0.25, -0.2) is 0 Å². The molecule has 5 heteroatoms. The highest BCUT2D eigenvalue weighted by atomic mass is 35.5. The molecule has 0 fully saturated rings. The molecule has 0 unspecified atom stereocenters. The van der Waals surface area contributed by atoms with Gasteiger partial charge in [-0.3, -0.25) is 5.32 Å². The van der Waals surface area contributed by atoms with E-state index < -0.39 is 11.3 Å². The molecule has 0 aliphatic carbocycles. The molecule has 0 aromatic carbocycles. The highest BCUT2D eigenvalue weighted by Gasteiger charge is 2.18. The third kappa shape index (κ3) is 17.9. The molecule has 11 heavy (non-hydrogen) atoms. The fraction of sp³-hybridized carbons (Fsp3) is 1.00. The molecule has 0 radical (unpaired) electrons. The Labute approximate surface area is 81.1 Å². The Balaban J connectivity index is -0.000000320. The molecule has 0 aromatic heterocycles. The summed E-state index contributed by atoms with van der Waals surface area (Å²) < 4.78 is 0. The molecule has 0 saturated carbocycles. The van der Waals surface area contributed by atoms with Crippen molar-refractivity contribution in [3.63, 3.8) is 0 Å². The minimum absolute atomic E-state index is 0. The van der Waals surface area contributed by atoms with Gasteiger partial charge in [0.15, 0.2) is 0 Å². The summed E-state index contributed by atoms with van der Waals surface area (Å²) in [6.07, 6.45) is 0. The lowest BCUT2D eigenvalue weighted by Gasteiger charge is -2.31. The van der Waals surface area contributed by atoms with E-state index in [1.54, 1.807) is 0 Å². The van der Waals surface area contributed by atoms with Crippen LogP contribution in [0.15, 0.2) is 0 Å². The number of nitrogens with two attached hydrogens (primary N) is 2. The second-order valence-corrected chi connectivity index (χ2v) is 3.57. The summed E-state index contributed by atoms with van der Waals surface area (Å²) in [4.78, 5) is 0. The van der Waals surface area contributed by atoms with E-state index in [4.69, 9.17) is 11.5 Å². The maximum Gasteiger partial charge on any atom is 0.0617 e. The highest BCUT2D eigenvalue weighted by molar-refractivity contribution is 5.85. The number of hydrogen-bond acceptors (Lipinski definition) is 3. The van der Waals surface area contributed by atoms with Gasteiger partial charge in [0.25, 0.3) is 0 Å².